The van der Waals surface area contributed by atoms with Crippen molar-refractivity contribution in [2.75, 3.05) is 6.66 Å². The van der Waals surface area contributed by atoms with Crippen LogP contribution in [0.25, 0.3) is 0 Å². The fraction of sp³-hybridized carbons (Fsp3) is 0.0588. The zero-order valence-electron chi connectivity index (χ0n) is 13.8. The monoisotopic (exact) mass is 386 g/mol. The molecule has 4 amide bonds. The molecule has 0 radical (unpaired) electrons. The first-order valence-electron chi connectivity index (χ1n) is 7.73. The summed E-state index contributed by atoms with van der Waals surface area (Å²) < 4.78 is 22.6. The maximum absolute atomic E-state index is 12.7. The minimum Gasteiger partial charge on any atom is -0.266 e. The molecule has 0 N–H and O–H groups in total. The maximum atomic E-state index is 12.7. The van der Waals surface area contributed by atoms with Crippen molar-refractivity contribution in [3.8, 4) is 0 Å². The van der Waals surface area contributed by atoms with Gasteiger partial charge in [0.15, 0.2) is 0 Å². The van der Waals surface area contributed by atoms with E-state index in [9.17, 15) is 23.7 Å². The number of imide groups is 2. The van der Waals surface area contributed by atoms with Gasteiger partial charge in [0.05, 0.1) is 22.3 Å². The topological polar surface area (TPSA) is 110 Å². The SMILES string of the molecule is CP(=O)(ON1C(=O)c2ccccc2C1=O)ON1C(=O)c2ccccc2C1=O. The Balaban J connectivity index is 1.55. The summed E-state index contributed by atoms with van der Waals surface area (Å²) >= 11 is 0. The van der Waals surface area contributed by atoms with Crippen LogP contribution in [0.1, 0.15) is 41.4 Å². The Kier molecular flexibility index (Phi) is 3.81. The molecule has 0 unspecified atom stereocenters. The number of nitrogens with zero attached hydrogens (tertiary/aromatic N) is 2. The third-order valence-corrected chi connectivity index (χ3v) is 4.89. The van der Waals surface area contributed by atoms with E-state index in [4.69, 9.17) is 9.25 Å². The van der Waals surface area contributed by atoms with Crippen LogP contribution in [0.5, 0.6) is 0 Å². The highest BCUT2D eigenvalue weighted by Gasteiger charge is 2.44. The lowest BCUT2D eigenvalue weighted by molar-refractivity contribution is -0.0575. The molecule has 0 aliphatic carbocycles. The van der Waals surface area contributed by atoms with Gasteiger partial charge in [0, 0.05) is 6.66 Å². The number of rotatable bonds is 4. The zero-order chi connectivity index (χ0) is 19.3. The molecule has 2 aromatic rings. The Morgan fingerprint density at radius 3 is 1.15 bits per heavy atom. The second-order valence-corrected chi connectivity index (χ2v) is 7.70. The van der Waals surface area contributed by atoms with Gasteiger partial charge < -0.3 is 0 Å². The van der Waals surface area contributed by atoms with Gasteiger partial charge in [-0.2, -0.15) is 9.25 Å². The molecule has 27 heavy (non-hydrogen) atoms. The van der Waals surface area contributed by atoms with Crippen molar-refractivity contribution in [1.82, 2.24) is 10.1 Å². The third kappa shape index (κ3) is 2.69. The summed E-state index contributed by atoms with van der Waals surface area (Å²) in [6, 6.07) is 11.9. The molecule has 2 heterocycles. The lowest BCUT2D eigenvalue weighted by Gasteiger charge is -2.22. The highest BCUT2D eigenvalue weighted by atomic mass is 31.2. The smallest absolute Gasteiger partial charge is 0.266 e. The van der Waals surface area contributed by atoms with E-state index < -0.39 is 31.2 Å². The molecule has 10 heteroatoms. The van der Waals surface area contributed by atoms with Gasteiger partial charge >= 0.3 is 7.60 Å². The molecule has 0 bridgehead atoms. The highest BCUT2D eigenvalue weighted by Crippen LogP contribution is 2.48. The fourth-order valence-corrected chi connectivity index (χ4v) is 3.71. The quantitative estimate of drug-likeness (QED) is 0.585. The van der Waals surface area contributed by atoms with Crippen LogP contribution in [0.15, 0.2) is 48.5 Å². The average molecular weight is 386 g/mol. The van der Waals surface area contributed by atoms with Crippen LogP contribution in [0, 0.1) is 0 Å². The number of amides is 4. The number of hydroxylamine groups is 4. The molecule has 0 saturated carbocycles. The Hall–Kier alpha value is -3.13. The van der Waals surface area contributed by atoms with Crippen LogP contribution in [0.2, 0.25) is 0 Å². The Bertz CT molecular complexity index is 929. The molecule has 2 aliphatic rings. The second kappa shape index (κ2) is 5.95. The number of carbonyl (C=O) groups excluding carboxylic acids is 4. The molecule has 136 valence electrons. The van der Waals surface area contributed by atoms with E-state index in [2.05, 4.69) is 0 Å². The highest BCUT2D eigenvalue weighted by molar-refractivity contribution is 7.52. The van der Waals surface area contributed by atoms with E-state index in [1.807, 2.05) is 0 Å². The summed E-state index contributed by atoms with van der Waals surface area (Å²) in [7, 11) is -4.23. The first kappa shape index (κ1) is 17.3. The minimum atomic E-state index is -4.23. The van der Waals surface area contributed by atoms with Gasteiger partial charge in [-0.1, -0.05) is 24.3 Å². The number of carbonyl (C=O) groups is 4. The van der Waals surface area contributed by atoms with Gasteiger partial charge in [-0.05, 0) is 24.3 Å². The van der Waals surface area contributed by atoms with Gasteiger partial charge in [0.1, 0.15) is 0 Å². The third-order valence-electron chi connectivity index (χ3n) is 3.97. The normalized spacial score (nSPS) is 16.2. The van der Waals surface area contributed by atoms with Crippen LogP contribution >= 0.6 is 7.60 Å². The first-order valence-corrected chi connectivity index (χ1v) is 9.72. The van der Waals surface area contributed by atoms with E-state index in [0.717, 1.165) is 6.66 Å². The largest absolute Gasteiger partial charge is 0.371 e. The van der Waals surface area contributed by atoms with Crippen molar-refractivity contribution in [3.05, 3.63) is 70.8 Å². The van der Waals surface area contributed by atoms with Crippen molar-refractivity contribution in [2.45, 2.75) is 0 Å². The summed E-state index contributed by atoms with van der Waals surface area (Å²) in [5, 5.41) is 0.618. The lowest BCUT2D eigenvalue weighted by atomic mass is 10.1. The molecule has 0 fully saturated rings. The zero-order valence-corrected chi connectivity index (χ0v) is 14.7. The van der Waals surface area contributed by atoms with Crippen molar-refractivity contribution in [2.24, 2.45) is 0 Å². The van der Waals surface area contributed by atoms with Crippen molar-refractivity contribution < 1.29 is 33.0 Å². The van der Waals surface area contributed by atoms with Crippen LogP contribution in [-0.2, 0) is 13.8 Å². The molecule has 0 spiro atoms. The molecule has 0 saturated heterocycles. The van der Waals surface area contributed by atoms with Gasteiger partial charge in [0.25, 0.3) is 23.6 Å². The Morgan fingerprint density at radius 1 is 0.630 bits per heavy atom. The van der Waals surface area contributed by atoms with Gasteiger partial charge in [-0.15, -0.1) is 10.1 Å². The van der Waals surface area contributed by atoms with Gasteiger partial charge in [-0.25, -0.2) is 0 Å². The van der Waals surface area contributed by atoms with E-state index in [0.29, 0.717) is 10.1 Å². The van der Waals surface area contributed by atoms with E-state index >= 15 is 0 Å². The fourth-order valence-electron chi connectivity index (χ4n) is 2.79. The maximum Gasteiger partial charge on any atom is 0.371 e. The van der Waals surface area contributed by atoms with Crippen molar-refractivity contribution >= 4 is 31.2 Å². The van der Waals surface area contributed by atoms with Crippen LogP contribution in [0.3, 0.4) is 0 Å². The number of hydrogen-bond donors (Lipinski definition) is 0. The lowest BCUT2D eigenvalue weighted by Crippen LogP contribution is -2.33. The summed E-state index contributed by atoms with van der Waals surface area (Å²) in [5.74, 6) is -3.26. The van der Waals surface area contributed by atoms with Gasteiger partial charge in [0.2, 0.25) is 0 Å². The number of hydrogen-bond acceptors (Lipinski definition) is 7. The van der Waals surface area contributed by atoms with Crippen molar-refractivity contribution in [1.29, 1.82) is 0 Å². The predicted molar refractivity (Wildman–Crippen MR) is 89.6 cm³/mol. The van der Waals surface area contributed by atoms with Crippen LogP contribution < -0.4 is 0 Å². The van der Waals surface area contributed by atoms with Crippen molar-refractivity contribution in [3.63, 3.8) is 0 Å². The van der Waals surface area contributed by atoms with Crippen LogP contribution in [0.4, 0.5) is 0 Å². The van der Waals surface area contributed by atoms with Crippen LogP contribution in [-0.4, -0.2) is 40.4 Å². The van der Waals surface area contributed by atoms with E-state index in [1.54, 1.807) is 24.3 Å². The van der Waals surface area contributed by atoms with E-state index in [-0.39, 0.29) is 22.3 Å². The molecular formula is C17H11N2O7P. The standard InChI is InChI=1S/C17H11N2O7P/c1-27(24,25-18-14(20)10-6-2-3-7-11(10)15(18)21)26-19-16(22)12-8-4-5-9-13(12)17(19)23/h2-9H,1H3. The second-order valence-electron chi connectivity index (χ2n) is 5.84. The minimum absolute atomic E-state index is 0.0863. The summed E-state index contributed by atoms with van der Waals surface area (Å²) in [6.07, 6.45) is 0. The predicted octanol–water partition coefficient (Wildman–Crippen LogP) is 2.26. The summed E-state index contributed by atoms with van der Waals surface area (Å²) in [5.41, 5.74) is 0.345. The molecule has 0 aromatic heterocycles. The van der Waals surface area contributed by atoms with E-state index in [1.165, 1.54) is 24.3 Å². The average Bonchev–Trinajstić information content (AvgIpc) is 3.03. The molecular weight excluding hydrogens is 375 g/mol. The molecule has 9 nitrogen and oxygen atoms in total. The molecule has 2 aliphatic heterocycles. The number of fused-ring (bicyclic) bond motifs is 2. The Morgan fingerprint density at radius 2 is 0.889 bits per heavy atom. The molecule has 2 aromatic carbocycles. The summed E-state index contributed by atoms with van der Waals surface area (Å²) in [6.45, 7) is 0.945. The van der Waals surface area contributed by atoms with Gasteiger partial charge in [-0.3, -0.25) is 23.7 Å². The molecule has 0 atom stereocenters. The Labute approximate surface area is 152 Å². The number of benzene rings is 2. The summed E-state index contributed by atoms with van der Waals surface area (Å²) in [4.78, 5) is 49.1. The molecule has 4 rings (SSSR count). The first-order chi connectivity index (χ1) is 12.8.